The van der Waals surface area contributed by atoms with Gasteiger partial charge in [0.15, 0.2) is 0 Å². The quantitative estimate of drug-likeness (QED) is 0.457. The normalized spacial score (nSPS) is 10.6. The topological polar surface area (TPSA) is 130 Å². The fourth-order valence-electron chi connectivity index (χ4n) is 2.43. The number of methoxy groups -OCH3 is 1. The Bertz CT molecular complexity index is 1000. The van der Waals surface area contributed by atoms with Crippen molar-refractivity contribution in [2.45, 2.75) is 19.5 Å². The maximum Gasteiger partial charge on any atom is 0.350 e. The molecule has 3 rings (SSSR count). The minimum atomic E-state index is -0.614. The highest BCUT2D eigenvalue weighted by Gasteiger charge is 2.20. The first-order valence-corrected chi connectivity index (χ1v) is 8.14. The number of nitrogens with zero attached hydrogens (tertiary/aromatic N) is 6. The molecule has 12 heteroatoms. The molecule has 0 bridgehead atoms. The molecule has 2 aromatic heterocycles. The summed E-state index contributed by atoms with van der Waals surface area (Å²) in [6.45, 7) is 0.414. The summed E-state index contributed by atoms with van der Waals surface area (Å²) in [6.07, 6.45) is 2.61. The summed E-state index contributed by atoms with van der Waals surface area (Å²) in [5.41, 5.74) is 0.428. The van der Waals surface area contributed by atoms with E-state index in [4.69, 9.17) is 4.74 Å². The van der Waals surface area contributed by atoms with Gasteiger partial charge in [-0.2, -0.15) is 0 Å². The van der Waals surface area contributed by atoms with Crippen LogP contribution in [0, 0.1) is 15.9 Å². The van der Waals surface area contributed by atoms with E-state index in [1.165, 1.54) is 41.1 Å². The molecular formula is C16H16FN7O4. The van der Waals surface area contributed by atoms with E-state index in [0.717, 1.165) is 0 Å². The second-order valence-electron chi connectivity index (χ2n) is 5.74. The summed E-state index contributed by atoms with van der Waals surface area (Å²) in [5.74, 6) is -0.754. The summed E-state index contributed by atoms with van der Waals surface area (Å²) < 4.78 is 20.8. The molecule has 0 aliphatic carbocycles. The lowest BCUT2D eigenvalue weighted by Crippen LogP contribution is -2.16. The van der Waals surface area contributed by atoms with Gasteiger partial charge in [0, 0.05) is 6.42 Å². The van der Waals surface area contributed by atoms with Crippen LogP contribution < -0.4 is 10.1 Å². The van der Waals surface area contributed by atoms with Crippen LogP contribution in [0.25, 0.3) is 0 Å². The highest BCUT2D eigenvalue weighted by atomic mass is 19.1. The SMILES string of the molecule is COc1nn(CCC(=O)Nc2ncn(Cc3cccc(F)c3)n2)cc1[N+](=O)[O-]. The minimum Gasteiger partial charge on any atom is -0.475 e. The maximum absolute atomic E-state index is 13.2. The van der Waals surface area contributed by atoms with Gasteiger partial charge < -0.3 is 4.74 Å². The summed E-state index contributed by atoms with van der Waals surface area (Å²) >= 11 is 0. The van der Waals surface area contributed by atoms with E-state index >= 15 is 0 Å². The van der Waals surface area contributed by atoms with E-state index in [9.17, 15) is 19.3 Å². The third kappa shape index (κ3) is 4.66. The van der Waals surface area contributed by atoms with E-state index in [-0.39, 0.29) is 42.2 Å². The predicted octanol–water partition coefficient (Wildman–Crippen LogP) is 1.61. The predicted molar refractivity (Wildman–Crippen MR) is 94.2 cm³/mol. The number of hydrogen-bond acceptors (Lipinski definition) is 7. The summed E-state index contributed by atoms with van der Waals surface area (Å²) in [4.78, 5) is 26.3. The van der Waals surface area contributed by atoms with Crippen LogP contribution in [0.1, 0.15) is 12.0 Å². The van der Waals surface area contributed by atoms with Crippen molar-refractivity contribution >= 4 is 17.5 Å². The number of halogens is 1. The molecular weight excluding hydrogens is 373 g/mol. The van der Waals surface area contributed by atoms with Gasteiger partial charge in [0.2, 0.25) is 11.9 Å². The number of aromatic nitrogens is 5. The average molecular weight is 389 g/mol. The molecule has 1 aromatic carbocycles. The first-order chi connectivity index (χ1) is 13.4. The van der Waals surface area contributed by atoms with Crippen molar-refractivity contribution in [2.24, 2.45) is 0 Å². The molecule has 0 fully saturated rings. The number of carbonyl (C=O) groups excluding carboxylic acids is 1. The van der Waals surface area contributed by atoms with Crippen LogP contribution in [-0.2, 0) is 17.9 Å². The standard InChI is InChI=1S/C16H16FN7O4/c1-28-15-13(24(26)27)9-22(20-15)6-5-14(25)19-16-18-10-23(21-16)8-11-3-2-4-12(17)7-11/h2-4,7,9-10H,5-6,8H2,1H3,(H,19,21,25). The Morgan fingerprint density at radius 3 is 2.86 bits per heavy atom. The lowest BCUT2D eigenvalue weighted by atomic mass is 10.2. The highest BCUT2D eigenvalue weighted by Crippen LogP contribution is 2.23. The molecule has 0 aliphatic rings. The Balaban J connectivity index is 1.54. The molecule has 0 unspecified atom stereocenters. The van der Waals surface area contributed by atoms with Crippen molar-refractivity contribution in [3.05, 3.63) is 58.3 Å². The van der Waals surface area contributed by atoms with Gasteiger partial charge in [-0.25, -0.2) is 14.1 Å². The van der Waals surface area contributed by atoms with Crippen molar-refractivity contribution in [3.63, 3.8) is 0 Å². The molecule has 1 N–H and O–H groups in total. The molecule has 0 spiro atoms. The first-order valence-electron chi connectivity index (χ1n) is 8.14. The van der Waals surface area contributed by atoms with Crippen molar-refractivity contribution < 1.29 is 18.8 Å². The molecule has 0 atom stereocenters. The molecule has 2 heterocycles. The molecule has 3 aromatic rings. The molecule has 1 amide bonds. The van der Waals surface area contributed by atoms with Gasteiger partial charge >= 0.3 is 11.6 Å². The van der Waals surface area contributed by atoms with Gasteiger partial charge in [-0.05, 0) is 17.7 Å². The molecule has 28 heavy (non-hydrogen) atoms. The van der Waals surface area contributed by atoms with E-state index in [1.807, 2.05) is 0 Å². The lowest BCUT2D eigenvalue weighted by molar-refractivity contribution is -0.385. The Kier molecular flexibility index (Phi) is 5.58. The van der Waals surface area contributed by atoms with Crippen LogP contribution in [-0.4, -0.2) is 42.5 Å². The van der Waals surface area contributed by atoms with Crippen LogP contribution in [0.2, 0.25) is 0 Å². The largest absolute Gasteiger partial charge is 0.475 e. The number of nitrogens with one attached hydrogen (secondary N) is 1. The zero-order valence-corrected chi connectivity index (χ0v) is 14.8. The van der Waals surface area contributed by atoms with Gasteiger partial charge in [0.25, 0.3) is 0 Å². The van der Waals surface area contributed by atoms with Gasteiger partial charge in [-0.1, -0.05) is 12.1 Å². The van der Waals surface area contributed by atoms with Crippen molar-refractivity contribution in [1.82, 2.24) is 24.5 Å². The van der Waals surface area contributed by atoms with Crippen LogP contribution in [0.4, 0.5) is 16.0 Å². The van der Waals surface area contributed by atoms with Gasteiger partial charge in [0.05, 0.1) is 25.1 Å². The fraction of sp³-hybridized carbons (Fsp3) is 0.250. The number of ether oxygens (including phenoxy) is 1. The second kappa shape index (κ2) is 8.24. The zero-order chi connectivity index (χ0) is 20.1. The second-order valence-corrected chi connectivity index (χ2v) is 5.74. The smallest absolute Gasteiger partial charge is 0.350 e. The Morgan fingerprint density at radius 2 is 2.18 bits per heavy atom. The number of aryl methyl sites for hydroxylation is 1. The Labute approximate surface area is 157 Å². The van der Waals surface area contributed by atoms with Crippen molar-refractivity contribution in [3.8, 4) is 5.88 Å². The number of hydrogen-bond donors (Lipinski definition) is 1. The monoisotopic (exact) mass is 389 g/mol. The number of benzene rings is 1. The number of amides is 1. The van der Waals surface area contributed by atoms with Crippen molar-refractivity contribution in [2.75, 3.05) is 12.4 Å². The molecule has 0 aliphatic heterocycles. The molecule has 0 saturated carbocycles. The average Bonchev–Trinajstić information content (AvgIpc) is 3.26. The molecule has 146 valence electrons. The first kappa shape index (κ1) is 18.9. The van der Waals surface area contributed by atoms with Gasteiger partial charge in [0.1, 0.15) is 18.3 Å². The van der Waals surface area contributed by atoms with E-state index < -0.39 is 4.92 Å². The summed E-state index contributed by atoms with van der Waals surface area (Å²) in [5, 5.41) is 21.4. The van der Waals surface area contributed by atoms with E-state index in [2.05, 4.69) is 20.5 Å². The number of nitro groups is 1. The van der Waals surface area contributed by atoms with Crippen LogP contribution >= 0.6 is 0 Å². The van der Waals surface area contributed by atoms with Crippen LogP contribution in [0.3, 0.4) is 0 Å². The van der Waals surface area contributed by atoms with Crippen LogP contribution in [0.15, 0.2) is 36.8 Å². The number of anilines is 1. The third-order valence-electron chi connectivity index (χ3n) is 3.69. The van der Waals surface area contributed by atoms with E-state index in [1.54, 1.807) is 12.1 Å². The summed E-state index contributed by atoms with van der Waals surface area (Å²) in [6, 6.07) is 6.08. The maximum atomic E-state index is 13.2. The molecule has 0 radical (unpaired) electrons. The van der Waals surface area contributed by atoms with Crippen LogP contribution in [0.5, 0.6) is 5.88 Å². The Morgan fingerprint density at radius 1 is 1.36 bits per heavy atom. The van der Waals surface area contributed by atoms with Crippen molar-refractivity contribution in [1.29, 1.82) is 0 Å². The summed E-state index contributed by atoms with van der Waals surface area (Å²) in [7, 11) is 1.28. The third-order valence-corrected chi connectivity index (χ3v) is 3.69. The number of carbonyl (C=O) groups is 1. The Hall–Kier alpha value is -3.83. The molecule has 0 saturated heterocycles. The fourth-order valence-corrected chi connectivity index (χ4v) is 2.43. The van der Waals surface area contributed by atoms with E-state index in [0.29, 0.717) is 12.1 Å². The van der Waals surface area contributed by atoms with Gasteiger partial charge in [-0.15, -0.1) is 10.2 Å². The van der Waals surface area contributed by atoms with Gasteiger partial charge in [-0.3, -0.25) is 24.9 Å². The number of rotatable bonds is 8. The zero-order valence-electron chi connectivity index (χ0n) is 14.8. The lowest BCUT2D eigenvalue weighted by Gasteiger charge is -2.02. The minimum absolute atomic E-state index is 0.000422. The molecule has 11 nitrogen and oxygen atoms in total. The highest BCUT2D eigenvalue weighted by molar-refractivity contribution is 5.88.